The molecule has 0 aromatic rings. The molecule has 19 heavy (non-hydrogen) atoms. The molecule has 0 radical (unpaired) electrons. The van der Waals surface area contributed by atoms with Crippen molar-refractivity contribution in [2.24, 2.45) is 23.2 Å². The van der Waals surface area contributed by atoms with Crippen molar-refractivity contribution in [3.63, 3.8) is 0 Å². The van der Waals surface area contributed by atoms with Crippen LogP contribution in [0.4, 0.5) is 0 Å². The lowest BCUT2D eigenvalue weighted by molar-refractivity contribution is -0.0621. The van der Waals surface area contributed by atoms with Crippen LogP contribution in [-0.4, -0.2) is 13.1 Å². The van der Waals surface area contributed by atoms with Gasteiger partial charge in [-0.25, -0.2) is 0 Å². The Labute approximate surface area is 118 Å². The maximum atomic E-state index is 5.37. The molecule has 1 nitrogen and oxygen atoms in total. The zero-order chi connectivity index (χ0) is 13.3. The van der Waals surface area contributed by atoms with Crippen molar-refractivity contribution >= 4 is 0 Å². The molecule has 1 unspecified atom stereocenters. The van der Waals surface area contributed by atoms with Gasteiger partial charge in [0.2, 0.25) is 0 Å². The molecule has 4 rings (SSSR count). The monoisotopic (exact) mass is 259 g/mol. The van der Waals surface area contributed by atoms with Crippen LogP contribution in [0.3, 0.4) is 0 Å². The van der Waals surface area contributed by atoms with E-state index in [-0.39, 0.29) is 0 Å². The third-order valence-electron chi connectivity index (χ3n) is 6.13. The van der Waals surface area contributed by atoms with E-state index in [9.17, 15) is 0 Å². The van der Waals surface area contributed by atoms with Gasteiger partial charge in [-0.05, 0) is 88.0 Å². The van der Waals surface area contributed by atoms with Gasteiger partial charge in [-0.3, -0.25) is 0 Å². The number of rotatable bonds is 6. The quantitative estimate of drug-likeness (QED) is 0.562. The first kappa shape index (κ1) is 13.5. The zero-order valence-electron chi connectivity index (χ0n) is 12.5. The highest BCUT2D eigenvalue weighted by molar-refractivity contribution is 5.02. The normalized spacial score (nSPS) is 41.2. The van der Waals surface area contributed by atoms with Gasteiger partial charge in [0.05, 0.1) is 0 Å². The maximum Gasteiger partial charge on any atom is 0.00866 e. The first-order valence-electron chi connectivity index (χ1n) is 8.34. The van der Waals surface area contributed by atoms with Gasteiger partial charge in [0, 0.05) is 12.5 Å². The molecule has 0 heterocycles. The number of unbranched alkanes of at least 4 members (excludes halogenated alkanes) is 1. The van der Waals surface area contributed by atoms with E-state index in [1.54, 1.807) is 19.3 Å². The van der Waals surface area contributed by atoms with Gasteiger partial charge in [0.25, 0.3) is 0 Å². The van der Waals surface area contributed by atoms with Gasteiger partial charge in [0.1, 0.15) is 0 Å². The summed E-state index contributed by atoms with van der Waals surface area (Å²) in [7, 11) is 2.14. The highest BCUT2D eigenvalue weighted by Crippen LogP contribution is 2.61. The molecule has 0 spiro atoms. The smallest absolute Gasteiger partial charge is 0.00866 e. The van der Waals surface area contributed by atoms with Crippen molar-refractivity contribution in [1.29, 1.82) is 0 Å². The Kier molecular flexibility index (Phi) is 3.90. The van der Waals surface area contributed by atoms with Gasteiger partial charge in [-0.2, -0.15) is 0 Å². The summed E-state index contributed by atoms with van der Waals surface area (Å²) >= 11 is 0. The van der Waals surface area contributed by atoms with Crippen LogP contribution in [0.2, 0.25) is 0 Å². The molecule has 0 saturated heterocycles. The van der Waals surface area contributed by atoms with E-state index < -0.39 is 0 Å². The fourth-order valence-electron chi connectivity index (χ4n) is 5.86. The van der Waals surface area contributed by atoms with E-state index in [1.165, 1.54) is 38.5 Å². The molecule has 4 aliphatic carbocycles. The second kappa shape index (κ2) is 5.49. The molecule has 106 valence electrons. The second-order valence-electron chi connectivity index (χ2n) is 7.70. The van der Waals surface area contributed by atoms with Crippen molar-refractivity contribution in [3.05, 3.63) is 0 Å². The average Bonchev–Trinajstić information content (AvgIpc) is 2.36. The number of nitrogens with one attached hydrogen (secondary N) is 1. The summed E-state index contributed by atoms with van der Waals surface area (Å²) in [6.07, 6.45) is 19.5. The van der Waals surface area contributed by atoms with Crippen molar-refractivity contribution in [3.8, 4) is 12.3 Å². The van der Waals surface area contributed by atoms with Crippen molar-refractivity contribution < 1.29 is 0 Å². The third kappa shape index (κ3) is 2.84. The van der Waals surface area contributed by atoms with Crippen LogP contribution in [0, 0.1) is 35.5 Å². The molecule has 4 fully saturated rings. The van der Waals surface area contributed by atoms with Crippen LogP contribution in [0.1, 0.15) is 64.2 Å². The van der Waals surface area contributed by atoms with Crippen LogP contribution in [0.5, 0.6) is 0 Å². The van der Waals surface area contributed by atoms with Gasteiger partial charge >= 0.3 is 0 Å². The van der Waals surface area contributed by atoms with Crippen LogP contribution in [0.25, 0.3) is 0 Å². The van der Waals surface area contributed by atoms with Crippen molar-refractivity contribution in [2.45, 2.75) is 70.3 Å². The van der Waals surface area contributed by atoms with Gasteiger partial charge in [0.15, 0.2) is 0 Å². The van der Waals surface area contributed by atoms with E-state index in [1.807, 2.05) is 0 Å². The van der Waals surface area contributed by atoms with Crippen molar-refractivity contribution in [1.82, 2.24) is 5.32 Å². The molecule has 0 aromatic heterocycles. The molecular formula is C18H29N. The standard InChI is InChI=1S/C18H29N/c1-3-4-5-6-17(19-2)13-18-10-14-7-15(11-18)9-16(8-14)12-18/h1,14-17,19H,4-13H2,2H3. The lowest BCUT2D eigenvalue weighted by Gasteiger charge is -2.57. The molecule has 4 saturated carbocycles. The Hall–Kier alpha value is -0.480. The minimum Gasteiger partial charge on any atom is -0.317 e. The molecule has 0 amide bonds. The first-order chi connectivity index (χ1) is 9.23. The Morgan fingerprint density at radius 3 is 2.21 bits per heavy atom. The summed E-state index contributed by atoms with van der Waals surface area (Å²) in [5.74, 6) is 6.01. The Bertz CT molecular complexity index is 316. The Morgan fingerprint density at radius 2 is 1.74 bits per heavy atom. The van der Waals surface area contributed by atoms with Crippen molar-refractivity contribution in [2.75, 3.05) is 7.05 Å². The van der Waals surface area contributed by atoms with E-state index in [2.05, 4.69) is 18.3 Å². The van der Waals surface area contributed by atoms with E-state index >= 15 is 0 Å². The van der Waals surface area contributed by atoms with Crippen LogP contribution < -0.4 is 5.32 Å². The molecule has 4 bridgehead atoms. The van der Waals surface area contributed by atoms with Gasteiger partial charge in [-0.15, -0.1) is 12.3 Å². The first-order valence-corrected chi connectivity index (χ1v) is 8.34. The number of terminal acetylenes is 1. The lowest BCUT2D eigenvalue weighted by atomic mass is 9.48. The third-order valence-corrected chi connectivity index (χ3v) is 6.13. The maximum absolute atomic E-state index is 5.37. The molecule has 1 heteroatoms. The fraction of sp³-hybridized carbons (Fsp3) is 0.889. The highest BCUT2D eigenvalue weighted by Gasteiger charge is 2.51. The molecule has 1 atom stereocenters. The van der Waals surface area contributed by atoms with Gasteiger partial charge < -0.3 is 5.32 Å². The number of hydrogen-bond acceptors (Lipinski definition) is 1. The summed E-state index contributed by atoms with van der Waals surface area (Å²) in [6, 6.07) is 0.699. The summed E-state index contributed by atoms with van der Waals surface area (Å²) in [5.41, 5.74) is 0.707. The van der Waals surface area contributed by atoms with E-state index in [0.29, 0.717) is 11.5 Å². The minimum absolute atomic E-state index is 0.699. The molecule has 4 aliphatic rings. The number of hydrogen-bond donors (Lipinski definition) is 1. The topological polar surface area (TPSA) is 12.0 Å². The largest absolute Gasteiger partial charge is 0.317 e. The lowest BCUT2D eigenvalue weighted by Crippen LogP contribution is -2.48. The van der Waals surface area contributed by atoms with Crippen LogP contribution in [-0.2, 0) is 0 Å². The summed E-state index contributed by atoms with van der Waals surface area (Å²) in [4.78, 5) is 0. The average molecular weight is 259 g/mol. The highest BCUT2D eigenvalue weighted by atomic mass is 14.9. The van der Waals surface area contributed by atoms with Crippen LogP contribution in [0.15, 0.2) is 0 Å². The molecule has 1 N–H and O–H groups in total. The SMILES string of the molecule is C#CCCCC(CC12CC3CC(CC(C3)C1)C2)NC. The predicted octanol–water partition coefficient (Wildman–Crippen LogP) is 3.98. The van der Waals surface area contributed by atoms with Gasteiger partial charge in [-0.1, -0.05) is 0 Å². The minimum atomic E-state index is 0.699. The zero-order valence-corrected chi connectivity index (χ0v) is 12.5. The second-order valence-corrected chi connectivity index (χ2v) is 7.70. The molecule has 0 aliphatic heterocycles. The summed E-state index contributed by atoms with van der Waals surface area (Å²) in [6.45, 7) is 0. The molecule has 0 aromatic carbocycles. The Balaban J connectivity index is 1.60. The van der Waals surface area contributed by atoms with E-state index in [4.69, 9.17) is 6.42 Å². The van der Waals surface area contributed by atoms with E-state index in [0.717, 1.165) is 24.2 Å². The fourth-order valence-corrected chi connectivity index (χ4v) is 5.86. The summed E-state index contributed by atoms with van der Waals surface area (Å²) in [5, 5.41) is 3.57. The van der Waals surface area contributed by atoms with Crippen LogP contribution >= 0.6 is 0 Å². The summed E-state index contributed by atoms with van der Waals surface area (Å²) < 4.78 is 0. The predicted molar refractivity (Wildman–Crippen MR) is 80.8 cm³/mol. The molecular weight excluding hydrogens is 230 g/mol. The Morgan fingerprint density at radius 1 is 1.16 bits per heavy atom.